The molecule has 1 aliphatic rings. The molecule has 0 aromatic rings. The van der Waals surface area contributed by atoms with Crippen LogP contribution in [0.5, 0.6) is 0 Å². The quantitative estimate of drug-likeness (QED) is 0.596. The lowest BCUT2D eigenvalue weighted by Crippen LogP contribution is -2.20. The minimum atomic E-state index is 0.318. The largest absolute Gasteiger partial charge is 0.295 e. The van der Waals surface area contributed by atoms with Gasteiger partial charge in [-0.2, -0.15) is 0 Å². The zero-order valence-corrected chi connectivity index (χ0v) is 8.97. The first kappa shape index (κ1) is 10.5. The molecule has 1 aliphatic carbocycles. The van der Waals surface area contributed by atoms with Crippen LogP contribution < -0.4 is 0 Å². The maximum Gasteiger partial charge on any atom is 0.158 e. The van der Waals surface area contributed by atoms with E-state index in [4.69, 9.17) is 0 Å². The van der Waals surface area contributed by atoms with Gasteiger partial charge in [0.15, 0.2) is 5.78 Å². The highest BCUT2D eigenvalue weighted by Gasteiger charge is 2.23. The molecule has 0 saturated heterocycles. The van der Waals surface area contributed by atoms with Crippen LogP contribution in [0.25, 0.3) is 0 Å². The van der Waals surface area contributed by atoms with Gasteiger partial charge < -0.3 is 0 Å². The van der Waals surface area contributed by atoms with Crippen molar-refractivity contribution in [2.45, 2.75) is 46.5 Å². The highest BCUT2D eigenvalue weighted by Crippen LogP contribution is 2.29. The lowest BCUT2D eigenvalue weighted by atomic mass is 9.80. The Kier molecular flexibility index (Phi) is 3.71. The molecule has 0 unspecified atom stereocenters. The monoisotopic (exact) mass is 180 g/mol. The molecule has 0 aromatic carbocycles. The van der Waals surface area contributed by atoms with Gasteiger partial charge >= 0.3 is 0 Å². The molecule has 0 spiro atoms. The fourth-order valence-electron chi connectivity index (χ4n) is 2.09. The van der Waals surface area contributed by atoms with Crippen molar-refractivity contribution in [2.75, 3.05) is 0 Å². The molecular formula is C12H20O. The summed E-state index contributed by atoms with van der Waals surface area (Å²) in [5.74, 6) is 1.42. The van der Waals surface area contributed by atoms with E-state index in [1.54, 1.807) is 0 Å². The molecule has 13 heavy (non-hydrogen) atoms. The van der Waals surface area contributed by atoms with Crippen molar-refractivity contribution in [3.63, 3.8) is 0 Å². The Hall–Kier alpha value is -0.590. The summed E-state index contributed by atoms with van der Waals surface area (Å²) < 4.78 is 0. The van der Waals surface area contributed by atoms with E-state index in [-0.39, 0.29) is 0 Å². The summed E-state index contributed by atoms with van der Waals surface area (Å²) >= 11 is 0. The minimum Gasteiger partial charge on any atom is -0.295 e. The van der Waals surface area contributed by atoms with E-state index in [0.29, 0.717) is 11.7 Å². The number of allylic oxidation sites excluding steroid dienone is 2. The van der Waals surface area contributed by atoms with Crippen molar-refractivity contribution < 1.29 is 4.79 Å². The van der Waals surface area contributed by atoms with Crippen molar-refractivity contribution in [1.82, 2.24) is 0 Å². The summed E-state index contributed by atoms with van der Waals surface area (Å²) in [5.41, 5.74) is 1.13. The molecule has 1 rings (SSSR count). The summed E-state index contributed by atoms with van der Waals surface area (Å²) in [7, 11) is 0. The molecule has 0 N–H and O–H groups in total. The van der Waals surface area contributed by atoms with Gasteiger partial charge in [-0.15, -0.1) is 0 Å². The summed E-state index contributed by atoms with van der Waals surface area (Å²) in [6.45, 7) is 6.23. The highest BCUT2D eigenvalue weighted by atomic mass is 16.1. The zero-order valence-electron chi connectivity index (χ0n) is 8.97. The minimum absolute atomic E-state index is 0.318. The van der Waals surface area contributed by atoms with Crippen LogP contribution in [0.15, 0.2) is 11.6 Å². The first-order chi connectivity index (χ1) is 6.09. The molecule has 0 aromatic heterocycles. The molecule has 74 valence electrons. The van der Waals surface area contributed by atoms with E-state index < -0.39 is 0 Å². The molecule has 1 saturated carbocycles. The second-order valence-corrected chi connectivity index (χ2v) is 4.59. The zero-order chi connectivity index (χ0) is 9.84. The van der Waals surface area contributed by atoms with Gasteiger partial charge in [0.25, 0.3) is 0 Å². The molecule has 0 amide bonds. The molecule has 1 heteroatoms. The Morgan fingerprint density at radius 3 is 2.54 bits per heavy atom. The van der Waals surface area contributed by atoms with Gasteiger partial charge in [0, 0.05) is 5.92 Å². The fourth-order valence-corrected chi connectivity index (χ4v) is 2.09. The SMILES string of the molecule is CC(C)=CC(=O)[C@H]1CCC[C@@H](C)C1. The number of hydrogen-bond donors (Lipinski definition) is 0. The second kappa shape index (κ2) is 4.59. The summed E-state index contributed by atoms with van der Waals surface area (Å²) in [4.78, 5) is 11.7. The van der Waals surface area contributed by atoms with Gasteiger partial charge in [-0.3, -0.25) is 4.79 Å². The normalized spacial score (nSPS) is 28.2. The number of rotatable bonds is 2. The van der Waals surface area contributed by atoms with Crippen LogP contribution in [0.3, 0.4) is 0 Å². The predicted octanol–water partition coefficient (Wildman–Crippen LogP) is 3.35. The molecule has 1 fully saturated rings. The average Bonchev–Trinajstić information content (AvgIpc) is 2.03. The van der Waals surface area contributed by atoms with Gasteiger partial charge in [-0.05, 0) is 38.7 Å². The topological polar surface area (TPSA) is 17.1 Å². The highest BCUT2D eigenvalue weighted by molar-refractivity contribution is 5.92. The van der Waals surface area contributed by atoms with E-state index in [2.05, 4.69) is 6.92 Å². The van der Waals surface area contributed by atoms with Gasteiger partial charge in [0.05, 0.1) is 0 Å². The van der Waals surface area contributed by atoms with E-state index in [9.17, 15) is 4.79 Å². The number of carbonyl (C=O) groups is 1. The summed E-state index contributed by atoms with van der Waals surface area (Å²) in [6, 6.07) is 0. The van der Waals surface area contributed by atoms with Crippen molar-refractivity contribution in [3.05, 3.63) is 11.6 Å². The molecule has 0 aliphatic heterocycles. The summed E-state index contributed by atoms with van der Waals surface area (Å²) in [6.07, 6.45) is 6.55. The maximum absolute atomic E-state index is 11.7. The van der Waals surface area contributed by atoms with Crippen LogP contribution in [0.1, 0.15) is 46.5 Å². The standard InChI is InChI=1S/C12H20O/c1-9(2)7-12(13)11-6-4-5-10(3)8-11/h7,10-11H,4-6,8H2,1-3H3/t10-,11+/m1/s1. The fraction of sp³-hybridized carbons (Fsp3) is 0.750. The molecule has 0 bridgehead atoms. The van der Waals surface area contributed by atoms with Crippen molar-refractivity contribution in [1.29, 1.82) is 0 Å². The van der Waals surface area contributed by atoms with Crippen LogP contribution >= 0.6 is 0 Å². The molecule has 1 nitrogen and oxygen atoms in total. The van der Waals surface area contributed by atoms with Crippen LogP contribution in [-0.4, -0.2) is 5.78 Å². The Bertz CT molecular complexity index is 211. The lowest BCUT2D eigenvalue weighted by molar-refractivity contribution is -0.119. The van der Waals surface area contributed by atoms with Gasteiger partial charge in [-0.25, -0.2) is 0 Å². The predicted molar refractivity (Wildman–Crippen MR) is 55.6 cm³/mol. The summed E-state index contributed by atoms with van der Waals surface area (Å²) in [5, 5.41) is 0. The molecule has 2 atom stereocenters. The number of ketones is 1. The van der Waals surface area contributed by atoms with E-state index in [1.807, 2.05) is 19.9 Å². The van der Waals surface area contributed by atoms with Crippen LogP contribution in [-0.2, 0) is 4.79 Å². The van der Waals surface area contributed by atoms with Crippen molar-refractivity contribution in [3.8, 4) is 0 Å². The van der Waals surface area contributed by atoms with Gasteiger partial charge in [0.2, 0.25) is 0 Å². The number of hydrogen-bond acceptors (Lipinski definition) is 1. The van der Waals surface area contributed by atoms with Crippen molar-refractivity contribution in [2.24, 2.45) is 11.8 Å². The van der Waals surface area contributed by atoms with Crippen LogP contribution in [0.2, 0.25) is 0 Å². The van der Waals surface area contributed by atoms with Gasteiger partial charge in [-0.1, -0.05) is 25.3 Å². The molecule has 0 heterocycles. The van der Waals surface area contributed by atoms with Crippen molar-refractivity contribution >= 4 is 5.78 Å². The second-order valence-electron chi connectivity index (χ2n) is 4.59. The Balaban J connectivity index is 2.51. The Morgan fingerprint density at radius 2 is 2.00 bits per heavy atom. The van der Waals surface area contributed by atoms with E-state index in [0.717, 1.165) is 24.3 Å². The third-order valence-electron chi connectivity index (χ3n) is 2.77. The third kappa shape index (κ3) is 3.33. The lowest BCUT2D eigenvalue weighted by Gasteiger charge is -2.24. The maximum atomic E-state index is 11.7. The van der Waals surface area contributed by atoms with Crippen LogP contribution in [0, 0.1) is 11.8 Å². The van der Waals surface area contributed by atoms with Crippen LogP contribution in [0.4, 0.5) is 0 Å². The first-order valence-corrected chi connectivity index (χ1v) is 5.28. The third-order valence-corrected chi connectivity index (χ3v) is 2.77. The first-order valence-electron chi connectivity index (χ1n) is 5.28. The number of carbonyl (C=O) groups excluding carboxylic acids is 1. The van der Waals surface area contributed by atoms with E-state index in [1.165, 1.54) is 12.8 Å². The smallest absolute Gasteiger partial charge is 0.158 e. The van der Waals surface area contributed by atoms with E-state index >= 15 is 0 Å². The Morgan fingerprint density at radius 1 is 1.31 bits per heavy atom. The Labute approximate surface area is 81.2 Å². The average molecular weight is 180 g/mol. The van der Waals surface area contributed by atoms with Gasteiger partial charge in [0.1, 0.15) is 0 Å². The molecular weight excluding hydrogens is 160 g/mol. The molecule has 0 radical (unpaired) electrons.